The number of benzene rings is 1. The van der Waals surface area contributed by atoms with Crippen LogP contribution in [-0.4, -0.2) is 16.5 Å². The van der Waals surface area contributed by atoms with Crippen molar-refractivity contribution in [3.8, 4) is 11.6 Å². The first-order valence-corrected chi connectivity index (χ1v) is 8.20. The first kappa shape index (κ1) is 17.9. The fraction of sp³-hybridized carbons (Fsp3) is 0.368. The molecule has 0 unspecified atom stereocenters. The molecule has 0 aliphatic rings. The zero-order valence-electron chi connectivity index (χ0n) is 14.7. The van der Waals surface area contributed by atoms with Crippen molar-refractivity contribution in [2.24, 2.45) is 11.7 Å². The van der Waals surface area contributed by atoms with Crippen LogP contribution >= 0.6 is 0 Å². The number of nitrogens with one attached hydrogen (secondary N) is 1. The minimum absolute atomic E-state index is 0.388. The first-order chi connectivity index (χ1) is 11.5. The van der Waals surface area contributed by atoms with Gasteiger partial charge in [0.1, 0.15) is 11.4 Å². The van der Waals surface area contributed by atoms with Gasteiger partial charge in [0.25, 0.3) is 0 Å². The van der Waals surface area contributed by atoms with Crippen LogP contribution in [0.2, 0.25) is 0 Å². The lowest BCUT2D eigenvalue weighted by atomic mass is 10.1. The van der Waals surface area contributed by atoms with Gasteiger partial charge in [-0.15, -0.1) is 0 Å². The van der Waals surface area contributed by atoms with E-state index in [4.69, 9.17) is 10.5 Å². The summed E-state index contributed by atoms with van der Waals surface area (Å²) in [7, 11) is 0. The van der Waals surface area contributed by atoms with E-state index in [1.54, 1.807) is 12.4 Å². The van der Waals surface area contributed by atoms with E-state index in [1.165, 1.54) is 12.0 Å². The van der Waals surface area contributed by atoms with Crippen molar-refractivity contribution in [3.63, 3.8) is 0 Å². The van der Waals surface area contributed by atoms with Gasteiger partial charge in [-0.3, -0.25) is 0 Å². The molecule has 0 spiro atoms. The fourth-order valence-corrected chi connectivity index (χ4v) is 2.21. The molecule has 0 bridgehead atoms. The van der Waals surface area contributed by atoms with Crippen molar-refractivity contribution in [2.75, 3.05) is 6.54 Å². The summed E-state index contributed by atoms with van der Waals surface area (Å²) in [6.07, 6.45) is 4.29. The predicted octanol–water partition coefficient (Wildman–Crippen LogP) is 3.64. The molecule has 128 valence electrons. The molecule has 1 aromatic heterocycles. The number of nitrogens with two attached hydrogens (primary N) is 1. The Hall–Kier alpha value is -2.40. The van der Waals surface area contributed by atoms with Gasteiger partial charge >= 0.3 is 0 Å². The van der Waals surface area contributed by atoms with Gasteiger partial charge < -0.3 is 15.8 Å². The third-order valence-electron chi connectivity index (χ3n) is 3.64. The second-order valence-corrected chi connectivity index (χ2v) is 6.33. The molecule has 24 heavy (non-hydrogen) atoms. The van der Waals surface area contributed by atoms with Crippen LogP contribution in [0.15, 0.2) is 37.2 Å². The number of nitrogens with zero attached hydrogens (tertiary/aromatic N) is 2. The second-order valence-electron chi connectivity index (χ2n) is 6.33. The van der Waals surface area contributed by atoms with Crippen molar-refractivity contribution in [1.82, 2.24) is 15.3 Å². The van der Waals surface area contributed by atoms with Gasteiger partial charge in [0.15, 0.2) is 0 Å². The van der Waals surface area contributed by atoms with Crippen molar-refractivity contribution in [3.05, 3.63) is 54.0 Å². The Morgan fingerprint density at radius 1 is 1.29 bits per heavy atom. The summed E-state index contributed by atoms with van der Waals surface area (Å²) in [5.41, 5.74) is 8.83. The van der Waals surface area contributed by atoms with Crippen molar-refractivity contribution in [1.29, 1.82) is 0 Å². The van der Waals surface area contributed by atoms with Crippen molar-refractivity contribution < 1.29 is 4.74 Å². The molecule has 0 aliphatic heterocycles. The number of ether oxygens (including phenoxy) is 1. The topological polar surface area (TPSA) is 73.1 Å². The van der Waals surface area contributed by atoms with Crippen LogP contribution in [-0.2, 0) is 6.54 Å². The van der Waals surface area contributed by atoms with Gasteiger partial charge in [-0.25, -0.2) is 9.97 Å². The number of aromatic nitrogens is 2. The lowest BCUT2D eigenvalue weighted by Crippen LogP contribution is -2.16. The van der Waals surface area contributed by atoms with E-state index in [0.717, 1.165) is 30.3 Å². The predicted molar refractivity (Wildman–Crippen MR) is 97.7 cm³/mol. The molecule has 0 radical (unpaired) electrons. The highest BCUT2D eigenvalue weighted by atomic mass is 16.5. The minimum atomic E-state index is 0.388. The maximum Gasteiger partial charge on any atom is 0.237 e. The number of rotatable bonds is 8. The van der Waals surface area contributed by atoms with Crippen LogP contribution in [0.1, 0.15) is 37.1 Å². The maximum atomic E-state index is 5.79. The van der Waals surface area contributed by atoms with Gasteiger partial charge in [-0.2, -0.15) is 0 Å². The van der Waals surface area contributed by atoms with Gasteiger partial charge in [0.2, 0.25) is 5.88 Å². The summed E-state index contributed by atoms with van der Waals surface area (Å²) in [5, 5.41) is 3.46. The molecule has 0 saturated carbocycles. The molecule has 5 heteroatoms. The van der Waals surface area contributed by atoms with E-state index in [9.17, 15) is 0 Å². The van der Waals surface area contributed by atoms with Crippen molar-refractivity contribution >= 4 is 5.70 Å². The van der Waals surface area contributed by atoms with E-state index in [0.29, 0.717) is 17.3 Å². The molecule has 0 saturated heterocycles. The zero-order chi connectivity index (χ0) is 17.5. The molecule has 2 rings (SSSR count). The van der Waals surface area contributed by atoms with Gasteiger partial charge in [0, 0.05) is 6.54 Å². The van der Waals surface area contributed by atoms with Gasteiger partial charge in [-0.1, -0.05) is 32.6 Å². The monoisotopic (exact) mass is 326 g/mol. The normalized spacial score (nSPS) is 10.8. The maximum absolute atomic E-state index is 5.79. The largest absolute Gasteiger partial charge is 0.437 e. The Morgan fingerprint density at radius 3 is 2.67 bits per heavy atom. The second kappa shape index (κ2) is 8.45. The highest BCUT2D eigenvalue weighted by Gasteiger charge is 2.05. The molecule has 5 nitrogen and oxygen atoms in total. The van der Waals surface area contributed by atoms with E-state index < -0.39 is 0 Å². The average molecular weight is 326 g/mol. The summed E-state index contributed by atoms with van der Waals surface area (Å²) < 4.78 is 5.79. The Kier molecular flexibility index (Phi) is 6.32. The SMILES string of the molecule is C=C(N)c1cnc(Oc2ccc(CNCCC(C)C)cc2C)cn1. The van der Waals surface area contributed by atoms with Crippen LogP contribution in [0.5, 0.6) is 11.6 Å². The highest BCUT2D eigenvalue weighted by Crippen LogP contribution is 2.24. The molecule has 0 aliphatic carbocycles. The van der Waals surface area contributed by atoms with E-state index in [-0.39, 0.29) is 0 Å². The summed E-state index contributed by atoms with van der Waals surface area (Å²) >= 11 is 0. The number of hydrogen-bond donors (Lipinski definition) is 2. The number of aryl methyl sites for hydroxylation is 1. The third-order valence-corrected chi connectivity index (χ3v) is 3.64. The van der Waals surface area contributed by atoms with Crippen LogP contribution in [0.4, 0.5) is 0 Å². The van der Waals surface area contributed by atoms with Crippen LogP contribution in [0.25, 0.3) is 5.70 Å². The van der Waals surface area contributed by atoms with Crippen LogP contribution in [0.3, 0.4) is 0 Å². The Balaban J connectivity index is 1.95. The van der Waals surface area contributed by atoms with E-state index in [1.807, 2.05) is 13.0 Å². The lowest BCUT2D eigenvalue weighted by molar-refractivity contribution is 0.456. The van der Waals surface area contributed by atoms with Crippen LogP contribution in [0, 0.1) is 12.8 Å². The molecule has 2 aromatic rings. The summed E-state index contributed by atoms with van der Waals surface area (Å²) in [6.45, 7) is 12.0. The number of hydrogen-bond acceptors (Lipinski definition) is 5. The first-order valence-electron chi connectivity index (χ1n) is 8.20. The van der Waals surface area contributed by atoms with E-state index in [2.05, 4.69) is 47.8 Å². The Labute approximate surface area is 144 Å². The molecule has 0 atom stereocenters. The zero-order valence-corrected chi connectivity index (χ0v) is 14.7. The smallest absolute Gasteiger partial charge is 0.237 e. The quantitative estimate of drug-likeness (QED) is 0.725. The minimum Gasteiger partial charge on any atom is -0.437 e. The molecule has 0 fully saturated rings. The van der Waals surface area contributed by atoms with Gasteiger partial charge in [0.05, 0.1) is 18.1 Å². The average Bonchev–Trinajstić information content (AvgIpc) is 2.54. The van der Waals surface area contributed by atoms with Crippen LogP contribution < -0.4 is 15.8 Å². The lowest BCUT2D eigenvalue weighted by Gasteiger charge is -2.11. The summed E-state index contributed by atoms with van der Waals surface area (Å²) in [5.74, 6) is 1.93. The summed E-state index contributed by atoms with van der Waals surface area (Å²) in [6, 6.07) is 6.15. The molecule has 1 aromatic carbocycles. The standard InChI is InChI=1S/C19H26N4O/c1-13(2)7-8-21-10-16-5-6-18(14(3)9-16)24-19-12-22-17(11-23-19)15(4)20/h5-6,9,11-13,21H,4,7-8,10,20H2,1-3H3. The molecule has 0 amide bonds. The Morgan fingerprint density at radius 2 is 2.08 bits per heavy atom. The summed E-state index contributed by atoms with van der Waals surface area (Å²) in [4.78, 5) is 8.36. The third kappa shape index (κ3) is 5.35. The fourth-order valence-electron chi connectivity index (χ4n) is 2.21. The van der Waals surface area contributed by atoms with Gasteiger partial charge in [-0.05, 0) is 43.0 Å². The van der Waals surface area contributed by atoms with E-state index >= 15 is 0 Å². The molecular weight excluding hydrogens is 300 g/mol. The van der Waals surface area contributed by atoms with Crippen molar-refractivity contribution in [2.45, 2.75) is 33.7 Å². The molecule has 3 N–H and O–H groups in total. The molecule has 1 heterocycles. The Bertz CT molecular complexity index is 680. The highest BCUT2D eigenvalue weighted by molar-refractivity contribution is 5.55. The molecular formula is C19H26N4O.